The highest BCUT2D eigenvalue weighted by molar-refractivity contribution is 6.01. The maximum atomic E-state index is 12.0. The van der Waals surface area contributed by atoms with Gasteiger partial charge in [-0.15, -0.1) is 0 Å². The van der Waals surface area contributed by atoms with Gasteiger partial charge in [-0.1, -0.05) is 6.92 Å². The number of halogens is 3. The van der Waals surface area contributed by atoms with Crippen LogP contribution in [0.25, 0.3) is 0 Å². The van der Waals surface area contributed by atoms with Crippen molar-refractivity contribution in [3.8, 4) is 0 Å². The van der Waals surface area contributed by atoms with Crippen LogP contribution in [0.5, 0.6) is 0 Å². The zero-order valence-electron chi connectivity index (χ0n) is 10.2. The molecule has 0 spiro atoms. The number of hydrogen-bond acceptors (Lipinski definition) is 5. The Balaban J connectivity index is 1.91. The smallest absolute Gasteiger partial charge is 0.326 e. The number of Topliss-reactive ketones (excluding diaryl/α,β-unsaturated/α-hetero) is 2. The van der Waals surface area contributed by atoms with Crippen molar-refractivity contribution < 1.29 is 37.0 Å². The Labute approximate surface area is 107 Å². The van der Waals surface area contributed by atoms with Gasteiger partial charge in [-0.3, -0.25) is 9.59 Å². The first kappa shape index (κ1) is 14.4. The fourth-order valence-corrected chi connectivity index (χ4v) is 1.84. The highest BCUT2D eigenvalue weighted by atomic mass is 19.4. The van der Waals surface area contributed by atoms with Gasteiger partial charge in [-0.25, -0.2) is 0 Å². The van der Waals surface area contributed by atoms with E-state index in [1.54, 1.807) is 0 Å². The number of alkyl halides is 3. The number of ether oxygens (including phenoxy) is 3. The van der Waals surface area contributed by atoms with Crippen molar-refractivity contribution in [2.75, 3.05) is 19.8 Å². The summed E-state index contributed by atoms with van der Waals surface area (Å²) >= 11 is 0. The van der Waals surface area contributed by atoms with E-state index in [4.69, 9.17) is 14.2 Å². The molecule has 0 radical (unpaired) electrons. The number of fused-ring (bicyclic) bond motifs is 3. The maximum Gasteiger partial charge on any atom is 0.450 e. The highest BCUT2D eigenvalue weighted by Gasteiger charge is 2.52. The highest BCUT2D eigenvalue weighted by Crippen LogP contribution is 2.40. The number of carbonyl (C=O) groups excluding carboxylic acids is 2. The lowest BCUT2D eigenvalue weighted by atomic mass is 9.91. The molecule has 0 aromatic carbocycles. The van der Waals surface area contributed by atoms with Crippen molar-refractivity contribution >= 4 is 11.6 Å². The van der Waals surface area contributed by atoms with E-state index in [0.717, 1.165) is 0 Å². The molecule has 3 heterocycles. The molecule has 0 saturated carbocycles. The zero-order valence-corrected chi connectivity index (χ0v) is 10.2. The molecule has 3 aliphatic rings. The molecule has 3 rings (SSSR count). The molecular formula is C11H13F3O5. The number of carbonyl (C=O) groups is 2. The Hall–Kier alpha value is -0.990. The van der Waals surface area contributed by atoms with Crippen LogP contribution in [0.15, 0.2) is 0 Å². The van der Waals surface area contributed by atoms with Crippen LogP contribution in [0.2, 0.25) is 0 Å². The van der Waals surface area contributed by atoms with Gasteiger partial charge in [0.1, 0.15) is 5.78 Å². The minimum absolute atomic E-state index is 0.299. The summed E-state index contributed by atoms with van der Waals surface area (Å²) in [4.78, 5) is 22.2. The molecule has 0 N–H and O–H groups in total. The van der Waals surface area contributed by atoms with Crippen LogP contribution < -0.4 is 0 Å². The van der Waals surface area contributed by atoms with Gasteiger partial charge in [0.15, 0.2) is 0 Å². The van der Waals surface area contributed by atoms with Crippen LogP contribution in [0.1, 0.15) is 19.8 Å². The number of hydrogen-bond donors (Lipinski definition) is 0. The molecule has 19 heavy (non-hydrogen) atoms. The molecule has 0 aromatic rings. The average Bonchev–Trinajstić information content (AvgIpc) is 2.30. The Morgan fingerprint density at radius 2 is 1.58 bits per heavy atom. The van der Waals surface area contributed by atoms with Crippen molar-refractivity contribution in [2.24, 2.45) is 5.41 Å². The van der Waals surface area contributed by atoms with Crippen LogP contribution in [-0.2, 0) is 23.8 Å². The molecule has 0 amide bonds. The second-order valence-corrected chi connectivity index (χ2v) is 5.17. The summed E-state index contributed by atoms with van der Waals surface area (Å²) in [6.07, 6.45) is -6.75. The van der Waals surface area contributed by atoms with E-state index in [1.165, 1.54) is 0 Å². The van der Waals surface area contributed by atoms with E-state index < -0.39 is 36.6 Å². The van der Waals surface area contributed by atoms with E-state index in [9.17, 15) is 22.8 Å². The van der Waals surface area contributed by atoms with Crippen molar-refractivity contribution in [2.45, 2.75) is 31.9 Å². The summed E-state index contributed by atoms with van der Waals surface area (Å²) in [6, 6.07) is 0. The third-order valence-corrected chi connectivity index (χ3v) is 3.01. The quantitative estimate of drug-likeness (QED) is 0.725. The summed E-state index contributed by atoms with van der Waals surface area (Å²) in [5.41, 5.74) is -0.299. The fraction of sp³-hybridized carbons (Fsp3) is 0.818. The third kappa shape index (κ3) is 3.13. The summed E-state index contributed by atoms with van der Waals surface area (Å²) in [5, 5.41) is 0. The summed E-state index contributed by atoms with van der Waals surface area (Å²) in [5.74, 6) is -4.63. The minimum atomic E-state index is -5.01. The molecule has 0 aromatic heterocycles. The standard InChI is InChI=1S/C11H13F3O5/c1-9-4-17-10(18-5-9,19-6-9)3-7(15)2-8(16)11(12,13)14/h2-6H2,1H3. The molecule has 5 nitrogen and oxygen atoms in total. The SMILES string of the molecule is CC12COC(CC(=O)CC(=O)C(F)(F)F)(OC1)OC2. The normalized spacial score (nSPS) is 34.3. The topological polar surface area (TPSA) is 61.8 Å². The van der Waals surface area contributed by atoms with Gasteiger partial charge in [0.2, 0.25) is 5.78 Å². The average molecular weight is 282 g/mol. The van der Waals surface area contributed by atoms with E-state index in [-0.39, 0.29) is 5.41 Å². The van der Waals surface area contributed by atoms with E-state index in [0.29, 0.717) is 19.8 Å². The van der Waals surface area contributed by atoms with Gasteiger partial charge < -0.3 is 14.2 Å². The second kappa shape index (κ2) is 4.53. The molecule has 0 aliphatic carbocycles. The van der Waals surface area contributed by atoms with Gasteiger partial charge in [-0.2, -0.15) is 13.2 Å². The largest absolute Gasteiger partial charge is 0.450 e. The van der Waals surface area contributed by atoms with Gasteiger partial charge >= 0.3 is 6.18 Å². The summed E-state index contributed by atoms with van der Waals surface area (Å²) in [7, 11) is 0. The molecule has 2 bridgehead atoms. The molecule has 108 valence electrons. The molecule has 3 saturated heterocycles. The van der Waals surface area contributed by atoms with Gasteiger partial charge in [-0.05, 0) is 0 Å². The minimum Gasteiger partial charge on any atom is -0.326 e. The molecule has 3 aliphatic heterocycles. The lowest BCUT2D eigenvalue weighted by molar-refractivity contribution is -0.463. The van der Waals surface area contributed by atoms with E-state index >= 15 is 0 Å². The fourth-order valence-electron chi connectivity index (χ4n) is 1.84. The monoisotopic (exact) mass is 282 g/mol. The van der Waals surface area contributed by atoms with E-state index in [1.807, 2.05) is 6.92 Å². The Morgan fingerprint density at radius 1 is 1.11 bits per heavy atom. The lowest BCUT2D eigenvalue weighted by Crippen LogP contribution is -2.59. The van der Waals surface area contributed by atoms with Crippen molar-refractivity contribution in [3.63, 3.8) is 0 Å². The summed E-state index contributed by atoms with van der Waals surface area (Å²) in [6.45, 7) is 2.76. The van der Waals surface area contributed by atoms with E-state index in [2.05, 4.69) is 0 Å². The lowest BCUT2D eigenvalue weighted by Gasteiger charge is -2.50. The van der Waals surface area contributed by atoms with Crippen LogP contribution in [0.3, 0.4) is 0 Å². The molecular weight excluding hydrogens is 269 g/mol. The van der Waals surface area contributed by atoms with Crippen LogP contribution in [-0.4, -0.2) is 43.5 Å². The molecule has 8 heteroatoms. The zero-order chi connectivity index (χ0) is 14.3. The predicted octanol–water partition coefficient (Wildman–Crippen LogP) is 1.20. The number of rotatable bonds is 4. The second-order valence-electron chi connectivity index (χ2n) is 5.17. The van der Waals surface area contributed by atoms with Crippen molar-refractivity contribution in [3.05, 3.63) is 0 Å². The van der Waals surface area contributed by atoms with Gasteiger partial charge in [0.25, 0.3) is 5.97 Å². The van der Waals surface area contributed by atoms with Gasteiger partial charge in [0, 0.05) is 5.41 Å². The van der Waals surface area contributed by atoms with Crippen LogP contribution in [0, 0.1) is 5.41 Å². The Bertz CT molecular complexity index is 379. The predicted molar refractivity (Wildman–Crippen MR) is 54.0 cm³/mol. The van der Waals surface area contributed by atoms with Crippen LogP contribution >= 0.6 is 0 Å². The molecule has 3 fully saturated rings. The summed E-state index contributed by atoms with van der Waals surface area (Å²) < 4.78 is 51.8. The van der Waals surface area contributed by atoms with Crippen LogP contribution in [0.4, 0.5) is 13.2 Å². The maximum absolute atomic E-state index is 12.0. The first-order chi connectivity index (χ1) is 8.64. The van der Waals surface area contributed by atoms with Crippen molar-refractivity contribution in [1.82, 2.24) is 0 Å². The molecule has 0 atom stereocenters. The first-order valence-corrected chi connectivity index (χ1v) is 5.68. The van der Waals surface area contributed by atoms with Crippen molar-refractivity contribution in [1.29, 1.82) is 0 Å². The molecule has 0 unspecified atom stereocenters. The Kier molecular flexibility index (Phi) is 3.44. The third-order valence-electron chi connectivity index (χ3n) is 3.01. The number of ketones is 2. The Morgan fingerprint density at radius 3 is 2.00 bits per heavy atom. The van der Waals surface area contributed by atoms with Gasteiger partial charge in [0.05, 0.1) is 32.7 Å². The first-order valence-electron chi connectivity index (χ1n) is 5.68.